The third kappa shape index (κ3) is 9.22. The van der Waals surface area contributed by atoms with Gasteiger partial charge in [-0.25, -0.2) is 4.79 Å². The summed E-state index contributed by atoms with van der Waals surface area (Å²) in [5.41, 5.74) is 2.92. The van der Waals surface area contributed by atoms with Gasteiger partial charge in [-0.1, -0.05) is 54.6 Å². The van der Waals surface area contributed by atoms with Crippen LogP contribution in [-0.2, 0) is 20.8 Å². The minimum absolute atomic E-state index is 0.277. The molecule has 0 spiro atoms. The maximum atomic E-state index is 12.1. The Labute approximate surface area is 185 Å². The van der Waals surface area contributed by atoms with E-state index in [9.17, 15) is 9.59 Å². The van der Waals surface area contributed by atoms with Crippen LogP contribution in [0.15, 0.2) is 54.6 Å². The van der Waals surface area contributed by atoms with Crippen LogP contribution < -0.4 is 10.6 Å². The van der Waals surface area contributed by atoms with Gasteiger partial charge in [-0.2, -0.15) is 0 Å². The molecular formula is C25H34N2O4. The first-order valence-corrected chi connectivity index (χ1v) is 10.7. The number of carbonyl (C=O) groups excluding carboxylic acids is 2. The molecule has 1 amide bonds. The summed E-state index contributed by atoms with van der Waals surface area (Å²) in [5, 5.41) is 6.03. The number of ether oxygens (including phenoxy) is 2. The van der Waals surface area contributed by atoms with Crippen molar-refractivity contribution in [2.75, 3.05) is 13.7 Å². The second kappa shape index (κ2) is 12.1. The van der Waals surface area contributed by atoms with Crippen LogP contribution in [0.3, 0.4) is 0 Å². The SMILES string of the molecule is COC(=O)[C@H](CCCCNC(=O)OC(C)(C)C)NCc1ccc(-c2ccccc2)cc1. The largest absolute Gasteiger partial charge is 0.468 e. The van der Waals surface area contributed by atoms with Crippen LogP contribution in [-0.4, -0.2) is 37.4 Å². The minimum atomic E-state index is -0.511. The number of amides is 1. The monoisotopic (exact) mass is 426 g/mol. The lowest BCUT2D eigenvalue weighted by Gasteiger charge is -2.20. The van der Waals surface area contributed by atoms with Gasteiger partial charge in [0.05, 0.1) is 7.11 Å². The molecule has 6 nitrogen and oxygen atoms in total. The number of esters is 1. The fourth-order valence-corrected chi connectivity index (χ4v) is 3.11. The van der Waals surface area contributed by atoms with Gasteiger partial charge in [0.15, 0.2) is 0 Å². The van der Waals surface area contributed by atoms with Crippen molar-refractivity contribution in [1.82, 2.24) is 10.6 Å². The van der Waals surface area contributed by atoms with Crippen LogP contribution >= 0.6 is 0 Å². The number of alkyl carbamates (subject to hydrolysis) is 1. The molecule has 2 rings (SSSR count). The molecule has 0 heterocycles. The predicted molar refractivity (Wildman–Crippen MR) is 123 cm³/mol. The van der Waals surface area contributed by atoms with E-state index in [1.165, 1.54) is 12.7 Å². The van der Waals surface area contributed by atoms with Crippen molar-refractivity contribution in [3.63, 3.8) is 0 Å². The number of methoxy groups -OCH3 is 1. The summed E-state index contributed by atoms with van der Waals surface area (Å²) < 4.78 is 10.1. The van der Waals surface area contributed by atoms with Gasteiger partial charge in [-0.05, 0) is 56.7 Å². The molecular weight excluding hydrogens is 392 g/mol. The van der Waals surface area contributed by atoms with E-state index in [1.807, 2.05) is 39.0 Å². The van der Waals surface area contributed by atoms with Crippen molar-refractivity contribution in [3.05, 3.63) is 60.2 Å². The summed E-state index contributed by atoms with van der Waals surface area (Å²) in [7, 11) is 1.40. The Morgan fingerprint density at radius 1 is 0.935 bits per heavy atom. The smallest absolute Gasteiger partial charge is 0.407 e. The highest BCUT2D eigenvalue weighted by Crippen LogP contribution is 2.19. The van der Waals surface area contributed by atoms with Crippen molar-refractivity contribution in [2.45, 2.75) is 58.2 Å². The Balaban J connectivity index is 1.77. The highest BCUT2D eigenvalue weighted by atomic mass is 16.6. The normalized spacial score (nSPS) is 12.1. The quantitative estimate of drug-likeness (QED) is 0.426. The van der Waals surface area contributed by atoms with E-state index in [4.69, 9.17) is 9.47 Å². The predicted octanol–water partition coefficient (Wildman–Crippen LogP) is 4.68. The van der Waals surface area contributed by atoms with Crippen LogP contribution in [0.1, 0.15) is 45.6 Å². The Bertz CT molecular complexity index is 814. The molecule has 2 N–H and O–H groups in total. The van der Waals surface area contributed by atoms with Crippen LogP contribution in [0, 0.1) is 0 Å². The molecule has 0 radical (unpaired) electrons. The number of rotatable bonds is 10. The van der Waals surface area contributed by atoms with Gasteiger partial charge in [0.2, 0.25) is 0 Å². The molecule has 168 valence electrons. The van der Waals surface area contributed by atoms with Gasteiger partial charge in [0.25, 0.3) is 0 Å². The molecule has 0 saturated carbocycles. The molecule has 0 unspecified atom stereocenters. The molecule has 0 bridgehead atoms. The summed E-state index contributed by atoms with van der Waals surface area (Å²) in [4.78, 5) is 23.8. The second-order valence-corrected chi connectivity index (χ2v) is 8.44. The van der Waals surface area contributed by atoms with E-state index in [2.05, 4.69) is 47.0 Å². The molecule has 2 aromatic rings. The van der Waals surface area contributed by atoms with Gasteiger partial charge < -0.3 is 20.1 Å². The van der Waals surface area contributed by atoms with Crippen molar-refractivity contribution < 1.29 is 19.1 Å². The van der Waals surface area contributed by atoms with E-state index in [0.717, 1.165) is 24.0 Å². The Morgan fingerprint density at radius 3 is 2.19 bits per heavy atom. The van der Waals surface area contributed by atoms with Gasteiger partial charge in [0, 0.05) is 13.1 Å². The Hall–Kier alpha value is -2.86. The highest BCUT2D eigenvalue weighted by molar-refractivity contribution is 5.75. The van der Waals surface area contributed by atoms with Gasteiger partial charge >= 0.3 is 12.1 Å². The van der Waals surface area contributed by atoms with Crippen LogP contribution in [0.5, 0.6) is 0 Å². The van der Waals surface area contributed by atoms with Crippen molar-refractivity contribution in [2.24, 2.45) is 0 Å². The minimum Gasteiger partial charge on any atom is -0.468 e. The lowest BCUT2D eigenvalue weighted by molar-refractivity contribution is -0.143. The molecule has 0 aliphatic rings. The maximum Gasteiger partial charge on any atom is 0.407 e. The Kier molecular flexibility index (Phi) is 9.53. The molecule has 2 aromatic carbocycles. The third-order valence-corrected chi connectivity index (χ3v) is 4.69. The van der Waals surface area contributed by atoms with Crippen LogP contribution in [0.25, 0.3) is 11.1 Å². The first kappa shape index (κ1) is 24.4. The van der Waals surface area contributed by atoms with Gasteiger partial charge in [-0.3, -0.25) is 4.79 Å². The van der Waals surface area contributed by atoms with Crippen molar-refractivity contribution in [3.8, 4) is 11.1 Å². The molecule has 0 aliphatic heterocycles. The molecule has 0 saturated heterocycles. The third-order valence-electron chi connectivity index (χ3n) is 4.69. The summed E-state index contributed by atoms with van der Waals surface area (Å²) in [6.45, 7) is 6.56. The lowest BCUT2D eigenvalue weighted by Crippen LogP contribution is -2.37. The van der Waals surface area contributed by atoms with E-state index in [0.29, 0.717) is 19.5 Å². The number of unbranched alkanes of at least 4 members (excludes halogenated alkanes) is 1. The van der Waals surface area contributed by atoms with E-state index >= 15 is 0 Å². The van der Waals surface area contributed by atoms with Gasteiger partial charge in [0.1, 0.15) is 11.6 Å². The van der Waals surface area contributed by atoms with Gasteiger partial charge in [-0.15, -0.1) is 0 Å². The number of benzene rings is 2. The summed E-state index contributed by atoms with van der Waals surface area (Å²) in [5.74, 6) is -0.277. The van der Waals surface area contributed by atoms with E-state index < -0.39 is 11.7 Å². The zero-order chi connectivity index (χ0) is 22.7. The van der Waals surface area contributed by atoms with E-state index in [1.54, 1.807) is 0 Å². The first-order valence-electron chi connectivity index (χ1n) is 10.7. The Morgan fingerprint density at radius 2 is 1.58 bits per heavy atom. The van der Waals surface area contributed by atoms with E-state index in [-0.39, 0.29) is 12.0 Å². The maximum absolute atomic E-state index is 12.1. The molecule has 0 aromatic heterocycles. The van der Waals surface area contributed by atoms with Crippen LogP contribution in [0.2, 0.25) is 0 Å². The summed E-state index contributed by atoms with van der Waals surface area (Å²) in [6, 6.07) is 18.1. The topological polar surface area (TPSA) is 76.7 Å². The standard InChI is InChI=1S/C25H34N2O4/c1-25(2,3)31-24(29)26-17-9-8-12-22(23(28)30-4)27-18-19-13-15-21(16-14-19)20-10-6-5-7-11-20/h5-7,10-11,13-16,22,27H,8-9,12,17-18H2,1-4H3,(H,26,29)/t22-/m0/s1. The molecule has 0 aliphatic carbocycles. The molecule has 31 heavy (non-hydrogen) atoms. The lowest BCUT2D eigenvalue weighted by atomic mass is 10.0. The number of hydrogen-bond donors (Lipinski definition) is 2. The average molecular weight is 427 g/mol. The fraction of sp³-hybridized carbons (Fsp3) is 0.440. The zero-order valence-corrected chi connectivity index (χ0v) is 18.9. The second-order valence-electron chi connectivity index (χ2n) is 8.44. The molecule has 6 heteroatoms. The number of carbonyl (C=O) groups is 2. The number of nitrogens with one attached hydrogen (secondary N) is 2. The van der Waals surface area contributed by atoms with Crippen molar-refractivity contribution in [1.29, 1.82) is 0 Å². The molecule has 1 atom stereocenters. The number of hydrogen-bond acceptors (Lipinski definition) is 5. The fourth-order valence-electron chi connectivity index (χ4n) is 3.11. The summed E-state index contributed by atoms with van der Waals surface area (Å²) >= 11 is 0. The molecule has 0 fully saturated rings. The first-order chi connectivity index (χ1) is 14.8. The average Bonchev–Trinajstić information content (AvgIpc) is 2.75. The highest BCUT2D eigenvalue weighted by Gasteiger charge is 2.19. The van der Waals surface area contributed by atoms with Crippen molar-refractivity contribution >= 4 is 12.1 Å². The zero-order valence-electron chi connectivity index (χ0n) is 18.9. The summed E-state index contributed by atoms with van der Waals surface area (Å²) in [6.07, 6.45) is 1.73. The van der Waals surface area contributed by atoms with Crippen LogP contribution in [0.4, 0.5) is 4.79 Å².